The first-order valence-electron chi connectivity index (χ1n) is 10.8. The number of nitrogens with zero attached hydrogens (tertiary/aromatic N) is 2. The van der Waals surface area contributed by atoms with Gasteiger partial charge in [0.1, 0.15) is 5.82 Å². The van der Waals surface area contributed by atoms with Crippen LogP contribution in [0.25, 0.3) is 6.08 Å². The van der Waals surface area contributed by atoms with Crippen molar-refractivity contribution in [3.63, 3.8) is 0 Å². The molecule has 0 radical (unpaired) electrons. The molecule has 0 fully saturated rings. The van der Waals surface area contributed by atoms with Gasteiger partial charge in [0.05, 0.1) is 18.3 Å². The van der Waals surface area contributed by atoms with Gasteiger partial charge >= 0.3 is 11.9 Å². The fourth-order valence-electron chi connectivity index (χ4n) is 3.54. The second-order valence-corrected chi connectivity index (χ2v) is 8.75. The predicted octanol–water partition coefficient (Wildman–Crippen LogP) is 4.87. The Balaban J connectivity index is 1.82. The molecule has 0 spiro atoms. The third-order valence-corrected chi connectivity index (χ3v) is 6.14. The van der Waals surface area contributed by atoms with E-state index in [2.05, 4.69) is 16.5 Å². The first kappa shape index (κ1) is 23.5. The Hall–Kier alpha value is -3.19. The lowest BCUT2D eigenvalue weighted by Gasteiger charge is -2.12. The number of benzene rings is 1. The molecule has 2 aromatic heterocycles. The number of unbranched alkanes of at least 4 members (excludes halogenated alkanes) is 1. The fourth-order valence-corrected chi connectivity index (χ4v) is 4.27. The Morgan fingerprint density at radius 1 is 1.06 bits per heavy atom. The first-order valence-corrected chi connectivity index (χ1v) is 11.6. The highest BCUT2D eigenvalue weighted by atomic mass is 32.1. The molecule has 0 saturated heterocycles. The van der Waals surface area contributed by atoms with Crippen molar-refractivity contribution in [2.75, 3.05) is 0 Å². The lowest BCUT2D eigenvalue weighted by molar-refractivity contribution is -0.136. The Morgan fingerprint density at radius 2 is 1.81 bits per heavy atom. The molecule has 0 unspecified atom stereocenters. The molecule has 0 saturated carbocycles. The minimum Gasteiger partial charge on any atom is -0.481 e. The molecule has 1 aromatic carbocycles. The van der Waals surface area contributed by atoms with Gasteiger partial charge in [0.15, 0.2) is 0 Å². The highest BCUT2D eigenvalue weighted by Gasteiger charge is 2.14. The summed E-state index contributed by atoms with van der Waals surface area (Å²) in [6.45, 7) is 2.81. The monoisotopic (exact) mass is 452 g/mol. The Morgan fingerprint density at radius 3 is 2.44 bits per heavy atom. The van der Waals surface area contributed by atoms with Gasteiger partial charge in [0.25, 0.3) is 0 Å². The number of carbonyl (C=O) groups is 2. The van der Waals surface area contributed by atoms with Crippen LogP contribution >= 0.6 is 11.3 Å². The number of hydrogen-bond donors (Lipinski definition) is 2. The number of aliphatic carboxylic acids is 2. The molecule has 32 heavy (non-hydrogen) atoms. The summed E-state index contributed by atoms with van der Waals surface area (Å²) >= 11 is 1.55. The van der Waals surface area contributed by atoms with Crippen molar-refractivity contribution in [2.24, 2.45) is 0 Å². The zero-order valence-corrected chi connectivity index (χ0v) is 19.0. The average molecular weight is 453 g/mol. The van der Waals surface area contributed by atoms with Crippen LogP contribution in [0.15, 0.2) is 53.5 Å². The summed E-state index contributed by atoms with van der Waals surface area (Å²) in [4.78, 5) is 28.3. The van der Waals surface area contributed by atoms with Crippen molar-refractivity contribution < 1.29 is 19.8 Å². The van der Waals surface area contributed by atoms with Gasteiger partial charge < -0.3 is 14.8 Å². The van der Waals surface area contributed by atoms with Crippen LogP contribution in [-0.4, -0.2) is 31.7 Å². The molecule has 3 aromatic rings. The van der Waals surface area contributed by atoms with E-state index in [0.717, 1.165) is 53.2 Å². The van der Waals surface area contributed by atoms with Crippen LogP contribution < -0.4 is 0 Å². The van der Waals surface area contributed by atoms with E-state index in [-0.39, 0.29) is 6.42 Å². The quantitative estimate of drug-likeness (QED) is 0.383. The highest BCUT2D eigenvalue weighted by Crippen LogP contribution is 2.19. The fraction of sp³-hybridized carbons (Fsp3) is 0.320. The number of aromatic nitrogens is 2. The number of hydrogen-bond acceptors (Lipinski definition) is 4. The summed E-state index contributed by atoms with van der Waals surface area (Å²) in [6.07, 6.45) is 7.56. The van der Waals surface area contributed by atoms with E-state index in [1.807, 2.05) is 41.8 Å². The van der Waals surface area contributed by atoms with Crippen LogP contribution in [0.1, 0.15) is 47.3 Å². The number of aryl methyl sites for hydroxylation is 2. The van der Waals surface area contributed by atoms with Crippen LogP contribution in [0.3, 0.4) is 0 Å². The van der Waals surface area contributed by atoms with E-state index in [4.69, 9.17) is 5.11 Å². The van der Waals surface area contributed by atoms with E-state index in [0.29, 0.717) is 18.5 Å². The average Bonchev–Trinajstić information content (AvgIpc) is 3.41. The molecule has 7 heteroatoms. The van der Waals surface area contributed by atoms with Gasteiger partial charge in [-0.15, -0.1) is 11.3 Å². The van der Waals surface area contributed by atoms with Gasteiger partial charge in [-0.1, -0.05) is 43.7 Å². The summed E-state index contributed by atoms with van der Waals surface area (Å²) in [5.74, 6) is -0.804. The van der Waals surface area contributed by atoms with Crippen molar-refractivity contribution in [3.05, 3.63) is 81.1 Å². The second kappa shape index (κ2) is 11.4. The van der Waals surface area contributed by atoms with Crippen molar-refractivity contribution in [1.29, 1.82) is 0 Å². The van der Waals surface area contributed by atoms with Gasteiger partial charge in [0.2, 0.25) is 0 Å². The smallest absolute Gasteiger partial charge is 0.332 e. The van der Waals surface area contributed by atoms with Crippen molar-refractivity contribution in [3.8, 4) is 0 Å². The molecule has 0 atom stereocenters. The molecule has 2 N–H and O–H groups in total. The third kappa shape index (κ3) is 6.65. The summed E-state index contributed by atoms with van der Waals surface area (Å²) in [6, 6.07) is 11.5. The zero-order chi connectivity index (χ0) is 22.9. The summed E-state index contributed by atoms with van der Waals surface area (Å²) in [5.41, 5.74) is 3.01. The minimum absolute atomic E-state index is 0.0140. The minimum atomic E-state index is -0.921. The van der Waals surface area contributed by atoms with E-state index in [1.54, 1.807) is 23.6 Å². The predicted molar refractivity (Wildman–Crippen MR) is 126 cm³/mol. The summed E-state index contributed by atoms with van der Waals surface area (Å²) in [5, 5.41) is 20.6. The zero-order valence-electron chi connectivity index (χ0n) is 18.2. The molecule has 168 valence electrons. The molecule has 0 aliphatic carbocycles. The van der Waals surface area contributed by atoms with E-state index in [9.17, 15) is 14.7 Å². The van der Waals surface area contributed by atoms with Crippen LogP contribution in [0.2, 0.25) is 0 Å². The molecular formula is C25H28N2O4S. The molecule has 0 amide bonds. The van der Waals surface area contributed by atoms with Crippen LogP contribution in [-0.2, 0) is 41.8 Å². The van der Waals surface area contributed by atoms with Crippen LogP contribution in [0.5, 0.6) is 0 Å². The molecule has 2 heterocycles. The summed E-state index contributed by atoms with van der Waals surface area (Å²) in [7, 11) is 0. The lowest BCUT2D eigenvalue weighted by atomic mass is 10.1. The summed E-state index contributed by atoms with van der Waals surface area (Å²) < 4.78 is 2.11. The van der Waals surface area contributed by atoms with E-state index >= 15 is 0 Å². The number of carboxylic acid groups (broad SMARTS) is 2. The van der Waals surface area contributed by atoms with Crippen molar-refractivity contribution >= 4 is 29.4 Å². The molecular weight excluding hydrogens is 424 g/mol. The topological polar surface area (TPSA) is 92.4 Å². The Bertz CT molecular complexity index is 1070. The third-order valence-electron chi connectivity index (χ3n) is 5.27. The number of thiophene rings is 1. The number of imidazole rings is 1. The van der Waals surface area contributed by atoms with Crippen molar-refractivity contribution in [1.82, 2.24) is 9.55 Å². The van der Waals surface area contributed by atoms with Gasteiger partial charge in [-0.2, -0.15) is 0 Å². The SMILES string of the molecule is CCCCc1ncc(C=C(Cc2cccs2)C(=O)O)n1CCc1ccc(CC(=O)O)cc1. The lowest BCUT2D eigenvalue weighted by Crippen LogP contribution is -2.10. The van der Waals surface area contributed by atoms with Crippen LogP contribution in [0.4, 0.5) is 0 Å². The first-order chi connectivity index (χ1) is 15.5. The second-order valence-electron chi connectivity index (χ2n) is 7.72. The largest absolute Gasteiger partial charge is 0.481 e. The maximum absolute atomic E-state index is 11.9. The number of carboxylic acids is 2. The Kier molecular flexibility index (Phi) is 8.39. The standard InChI is InChI=1S/C25H28N2O4S/c1-2-3-6-23-26-17-21(15-20(25(30)31)16-22-5-4-13-32-22)27(23)12-11-18-7-9-19(10-8-18)14-24(28)29/h4-5,7-10,13,15,17H,2-3,6,11-12,14,16H2,1H3,(H,28,29)(H,30,31). The van der Waals surface area contributed by atoms with Gasteiger partial charge in [0, 0.05) is 29.8 Å². The van der Waals surface area contributed by atoms with Crippen molar-refractivity contribution in [2.45, 2.75) is 52.0 Å². The normalized spacial score (nSPS) is 11.6. The number of rotatable bonds is 12. The van der Waals surface area contributed by atoms with Crippen LogP contribution in [0, 0.1) is 0 Å². The molecule has 6 nitrogen and oxygen atoms in total. The maximum atomic E-state index is 11.9. The van der Waals surface area contributed by atoms with Gasteiger partial charge in [-0.3, -0.25) is 4.79 Å². The molecule has 0 aliphatic heterocycles. The van der Waals surface area contributed by atoms with Gasteiger partial charge in [-0.05, 0) is 41.5 Å². The maximum Gasteiger partial charge on any atom is 0.332 e. The molecule has 3 rings (SSSR count). The van der Waals surface area contributed by atoms with E-state index < -0.39 is 11.9 Å². The molecule has 0 bridgehead atoms. The highest BCUT2D eigenvalue weighted by molar-refractivity contribution is 7.09. The Labute approximate surface area is 191 Å². The molecule has 0 aliphatic rings. The van der Waals surface area contributed by atoms with E-state index in [1.165, 1.54) is 0 Å². The van der Waals surface area contributed by atoms with Gasteiger partial charge in [-0.25, -0.2) is 9.78 Å².